The minimum absolute atomic E-state index is 0.102. The summed E-state index contributed by atoms with van der Waals surface area (Å²) in [5.41, 5.74) is 0.511. The number of esters is 1. The van der Waals surface area contributed by atoms with E-state index < -0.39 is 5.97 Å². The van der Waals surface area contributed by atoms with E-state index in [0.29, 0.717) is 24.5 Å². The van der Waals surface area contributed by atoms with Gasteiger partial charge in [0.15, 0.2) is 6.61 Å². The molecule has 1 aromatic carbocycles. The van der Waals surface area contributed by atoms with Crippen LogP contribution in [0.5, 0.6) is 5.75 Å². The summed E-state index contributed by atoms with van der Waals surface area (Å²) in [5, 5.41) is 0. The predicted octanol–water partition coefficient (Wildman–Crippen LogP) is 1.35. The van der Waals surface area contributed by atoms with Gasteiger partial charge >= 0.3 is 5.97 Å². The van der Waals surface area contributed by atoms with E-state index in [4.69, 9.17) is 9.47 Å². The molecule has 0 aromatic heterocycles. The van der Waals surface area contributed by atoms with Crippen molar-refractivity contribution < 1.29 is 23.8 Å². The van der Waals surface area contributed by atoms with Gasteiger partial charge in [-0.2, -0.15) is 0 Å². The third-order valence-corrected chi connectivity index (χ3v) is 2.85. The lowest BCUT2D eigenvalue weighted by Crippen LogP contribution is -2.28. The van der Waals surface area contributed by atoms with Crippen molar-refractivity contribution in [3.05, 3.63) is 29.8 Å². The Balaban J connectivity index is 2.61. The van der Waals surface area contributed by atoms with Crippen LogP contribution in [0.3, 0.4) is 0 Å². The van der Waals surface area contributed by atoms with Crippen molar-refractivity contribution in [1.29, 1.82) is 0 Å². The summed E-state index contributed by atoms with van der Waals surface area (Å²) < 4.78 is 14.7. The molecule has 0 saturated heterocycles. The molecule has 0 fully saturated rings. The fraction of sp³-hybridized carbons (Fsp3) is 0.467. The monoisotopic (exact) mass is 295 g/mol. The van der Waals surface area contributed by atoms with Gasteiger partial charge in [-0.05, 0) is 24.6 Å². The molecule has 0 saturated carbocycles. The van der Waals surface area contributed by atoms with Crippen LogP contribution in [-0.2, 0) is 14.3 Å². The lowest BCUT2D eigenvalue weighted by molar-refractivity contribution is -0.142. The molecule has 0 radical (unpaired) electrons. The zero-order chi connectivity index (χ0) is 15.7. The number of benzene rings is 1. The van der Waals surface area contributed by atoms with Crippen LogP contribution in [0.4, 0.5) is 0 Å². The summed E-state index contributed by atoms with van der Waals surface area (Å²) in [7, 11) is 4.66. The molecule has 116 valence electrons. The Labute approximate surface area is 124 Å². The molecule has 0 heterocycles. The fourth-order valence-corrected chi connectivity index (χ4v) is 1.69. The van der Waals surface area contributed by atoms with Gasteiger partial charge in [-0.1, -0.05) is 6.07 Å². The number of hydrogen-bond donors (Lipinski definition) is 0. The van der Waals surface area contributed by atoms with Crippen molar-refractivity contribution in [2.75, 3.05) is 41.0 Å². The average Bonchev–Trinajstić information content (AvgIpc) is 2.52. The van der Waals surface area contributed by atoms with E-state index >= 15 is 0 Å². The second-order valence-electron chi connectivity index (χ2n) is 4.47. The number of nitrogens with zero attached hydrogens (tertiary/aromatic N) is 1. The highest BCUT2D eigenvalue weighted by Gasteiger charge is 2.12. The molecule has 6 heteroatoms. The second-order valence-corrected chi connectivity index (χ2v) is 4.47. The SMILES string of the molecule is COCCCN(C)C(=O)c1cccc(OCC(=O)OC)c1. The Morgan fingerprint density at radius 3 is 2.67 bits per heavy atom. The lowest BCUT2D eigenvalue weighted by Gasteiger charge is -2.17. The first kappa shape index (κ1) is 17.0. The molecular weight excluding hydrogens is 274 g/mol. The van der Waals surface area contributed by atoms with E-state index in [1.54, 1.807) is 43.3 Å². The molecule has 1 aromatic rings. The number of ether oxygens (including phenoxy) is 3. The molecule has 0 aliphatic heterocycles. The van der Waals surface area contributed by atoms with Gasteiger partial charge in [-0.15, -0.1) is 0 Å². The molecule has 6 nitrogen and oxygen atoms in total. The van der Waals surface area contributed by atoms with E-state index in [-0.39, 0.29) is 12.5 Å². The Hall–Kier alpha value is -2.08. The first-order valence-corrected chi connectivity index (χ1v) is 6.62. The van der Waals surface area contributed by atoms with E-state index in [1.807, 2.05) is 0 Å². The maximum atomic E-state index is 12.2. The summed E-state index contributed by atoms with van der Waals surface area (Å²) in [6, 6.07) is 6.71. The number of carbonyl (C=O) groups is 2. The molecule has 1 amide bonds. The fourth-order valence-electron chi connectivity index (χ4n) is 1.69. The first-order chi connectivity index (χ1) is 10.1. The summed E-state index contributed by atoms with van der Waals surface area (Å²) in [4.78, 5) is 24.9. The molecule has 21 heavy (non-hydrogen) atoms. The zero-order valence-corrected chi connectivity index (χ0v) is 12.6. The quantitative estimate of drug-likeness (QED) is 0.535. The summed E-state index contributed by atoms with van der Waals surface area (Å²) in [6.45, 7) is 1.04. The number of methoxy groups -OCH3 is 2. The smallest absolute Gasteiger partial charge is 0.343 e. The molecule has 0 N–H and O–H groups in total. The van der Waals surface area contributed by atoms with Gasteiger partial charge in [0.05, 0.1) is 7.11 Å². The highest BCUT2D eigenvalue weighted by molar-refractivity contribution is 5.94. The van der Waals surface area contributed by atoms with Crippen molar-refractivity contribution in [2.24, 2.45) is 0 Å². The van der Waals surface area contributed by atoms with Crippen molar-refractivity contribution in [1.82, 2.24) is 4.90 Å². The van der Waals surface area contributed by atoms with Gasteiger partial charge < -0.3 is 19.1 Å². The summed E-state index contributed by atoms with van der Waals surface area (Å²) in [6.07, 6.45) is 0.775. The molecule has 0 aliphatic carbocycles. The first-order valence-electron chi connectivity index (χ1n) is 6.62. The maximum absolute atomic E-state index is 12.2. The normalized spacial score (nSPS) is 10.0. The van der Waals surface area contributed by atoms with Gasteiger partial charge in [-0.3, -0.25) is 4.79 Å². The Morgan fingerprint density at radius 1 is 1.24 bits per heavy atom. The van der Waals surface area contributed by atoms with Crippen molar-refractivity contribution in [3.63, 3.8) is 0 Å². The molecule has 0 unspecified atom stereocenters. The van der Waals surface area contributed by atoms with Crippen LogP contribution < -0.4 is 4.74 Å². The molecule has 1 rings (SSSR count). The Morgan fingerprint density at radius 2 is 2.00 bits per heavy atom. The molecule has 0 atom stereocenters. The largest absolute Gasteiger partial charge is 0.482 e. The number of rotatable bonds is 8. The van der Waals surface area contributed by atoms with E-state index in [0.717, 1.165) is 6.42 Å². The second kappa shape index (κ2) is 8.97. The topological polar surface area (TPSA) is 65.1 Å². The summed E-state index contributed by atoms with van der Waals surface area (Å²) >= 11 is 0. The Bertz CT molecular complexity index is 475. The molecular formula is C15H21NO5. The van der Waals surface area contributed by atoms with Gasteiger partial charge in [0.25, 0.3) is 5.91 Å². The Kier molecular flexibility index (Phi) is 7.25. The number of amides is 1. The number of hydrogen-bond acceptors (Lipinski definition) is 5. The maximum Gasteiger partial charge on any atom is 0.343 e. The van der Waals surface area contributed by atoms with E-state index in [1.165, 1.54) is 7.11 Å². The van der Waals surface area contributed by atoms with E-state index in [2.05, 4.69) is 4.74 Å². The third-order valence-electron chi connectivity index (χ3n) is 2.85. The average molecular weight is 295 g/mol. The van der Waals surface area contributed by atoms with Crippen LogP contribution in [0, 0.1) is 0 Å². The minimum Gasteiger partial charge on any atom is -0.482 e. The standard InChI is InChI=1S/C15H21NO5/c1-16(8-5-9-19-2)15(18)12-6-4-7-13(10-12)21-11-14(17)20-3/h4,6-7,10H,5,8-9,11H2,1-3H3. The van der Waals surface area contributed by atoms with Gasteiger partial charge in [0.1, 0.15) is 5.75 Å². The van der Waals surface area contributed by atoms with Crippen LogP contribution in [0.15, 0.2) is 24.3 Å². The summed E-state index contributed by atoms with van der Waals surface area (Å²) in [5.74, 6) is -0.116. The molecule has 0 bridgehead atoms. The van der Waals surface area contributed by atoms with Crippen molar-refractivity contribution in [2.45, 2.75) is 6.42 Å². The molecule has 0 aliphatic rings. The minimum atomic E-state index is -0.469. The molecule has 0 spiro atoms. The third kappa shape index (κ3) is 5.83. The van der Waals surface area contributed by atoms with Gasteiger partial charge in [0.2, 0.25) is 0 Å². The van der Waals surface area contributed by atoms with Crippen LogP contribution >= 0.6 is 0 Å². The zero-order valence-electron chi connectivity index (χ0n) is 12.6. The number of carbonyl (C=O) groups excluding carboxylic acids is 2. The van der Waals surface area contributed by atoms with Crippen LogP contribution in [0.1, 0.15) is 16.8 Å². The predicted molar refractivity (Wildman–Crippen MR) is 77.4 cm³/mol. The van der Waals surface area contributed by atoms with Crippen molar-refractivity contribution >= 4 is 11.9 Å². The van der Waals surface area contributed by atoms with Gasteiger partial charge in [0, 0.05) is 32.9 Å². The van der Waals surface area contributed by atoms with Crippen LogP contribution in [-0.4, -0.2) is 57.8 Å². The highest BCUT2D eigenvalue weighted by Crippen LogP contribution is 2.15. The van der Waals surface area contributed by atoms with Gasteiger partial charge in [-0.25, -0.2) is 4.79 Å². The van der Waals surface area contributed by atoms with Crippen molar-refractivity contribution in [3.8, 4) is 5.75 Å². The van der Waals surface area contributed by atoms with Crippen LogP contribution in [0.2, 0.25) is 0 Å². The van der Waals surface area contributed by atoms with Crippen LogP contribution in [0.25, 0.3) is 0 Å². The lowest BCUT2D eigenvalue weighted by atomic mass is 10.2. The highest BCUT2D eigenvalue weighted by atomic mass is 16.6. The van der Waals surface area contributed by atoms with E-state index in [9.17, 15) is 9.59 Å².